The molecule has 2 heterocycles. The van der Waals surface area contributed by atoms with E-state index in [-0.39, 0.29) is 11.8 Å². The number of hydrogen-bond donors (Lipinski definition) is 2. The second-order valence-electron chi connectivity index (χ2n) is 6.32. The third-order valence-electron chi connectivity index (χ3n) is 4.48. The van der Waals surface area contributed by atoms with Crippen LogP contribution in [0, 0.1) is 11.6 Å². The highest BCUT2D eigenvalue weighted by atomic mass is 35.5. The van der Waals surface area contributed by atoms with E-state index in [9.17, 15) is 8.78 Å². The predicted octanol–water partition coefficient (Wildman–Crippen LogP) is 4.44. The summed E-state index contributed by atoms with van der Waals surface area (Å²) in [4.78, 5) is 8.42. The van der Waals surface area contributed by atoms with Gasteiger partial charge in [0.25, 0.3) is 0 Å². The molecule has 8 heteroatoms. The summed E-state index contributed by atoms with van der Waals surface area (Å²) in [6, 6.07) is 7.88. The Bertz CT molecular complexity index is 979. The quantitative estimate of drug-likeness (QED) is 0.645. The lowest BCUT2D eigenvalue weighted by Gasteiger charge is -2.24. The summed E-state index contributed by atoms with van der Waals surface area (Å²) >= 11 is 5.65. The van der Waals surface area contributed by atoms with Gasteiger partial charge in [-0.3, -0.25) is 0 Å². The van der Waals surface area contributed by atoms with E-state index >= 15 is 0 Å². The first-order valence-corrected chi connectivity index (χ1v) is 9.02. The average molecular weight is 391 g/mol. The maximum Gasteiger partial charge on any atom is 0.168 e. The number of nitrogens with one attached hydrogen (secondary N) is 2. The van der Waals surface area contributed by atoms with Gasteiger partial charge in [-0.25, -0.2) is 18.7 Å². The van der Waals surface area contributed by atoms with Gasteiger partial charge < -0.3 is 15.4 Å². The Morgan fingerprint density at radius 3 is 2.74 bits per heavy atom. The molecule has 3 aromatic rings. The van der Waals surface area contributed by atoms with Crippen molar-refractivity contribution >= 4 is 34.0 Å². The number of nitrogens with zero attached hydrogens (tertiary/aromatic N) is 2. The van der Waals surface area contributed by atoms with Gasteiger partial charge in [0.2, 0.25) is 0 Å². The lowest BCUT2D eigenvalue weighted by atomic mass is 10.1. The summed E-state index contributed by atoms with van der Waals surface area (Å²) in [7, 11) is 0. The van der Waals surface area contributed by atoms with E-state index in [0.29, 0.717) is 22.5 Å². The number of hydrogen-bond acceptors (Lipinski definition) is 5. The Kier molecular flexibility index (Phi) is 5.05. The number of fused-ring (bicyclic) bond motifs is 1. The molecule has 0 unspecified atom stereocenters. The molecule has 1 fully saturated rings. The molecule has 0 bridgehead atoms. The van der Waals surface area contributed by atoms with Gasteiger partial charge in [-0.05, 0) is 56.3 Å². The predicted molar refractivity (Wildman–Crippen MR) is 101 cm³/mol. The normalized spacial score (nSPS) is 15.1. The summed E-state index contributed by atoms with van der Waals surface area (Å²) < 4.78 is 33.7. The molecule has 1 aliphatic heterocycles. The van der Waals surface area contributed by atoms with Gasteiger partial charge in [-0.2, -0.15) is 0 Å². The van der Waals surface area contributed by atoms with Crippen LogP contribution in [0.15, 0.2) is 36.7 Å². The SMILES string of the molecule is Fc1ccc(Nc2ncnc3ccc(OC4CCNCC4)cc23)c(F)c1Cl. The Balaban J connectivity index is 1.66. The minimum absolute atomic E-state index is 0.0334. The number of piperidine rings is 1. The first kappa shape index (κ1) is 17.9. The van der Waals surface area contributed by atoms with Crippen LogP contribution in [0.4, 0.5) is 20.3 Å². The molecule has 2 aromatic carbocycles. The minimum atomic E-state index is -0.870. The van der Waals surface area contributed by atoms with E-state index in [2.05, 4.69) is 20.6 Å². The van der Waals surface area contributed by atoms with Crippen LogP contribution in [0.1, 0.15) is 12.8 Å². The van der Waals surface area contributed by atoms with Crippen LogP contribution in [0.2, 0.25) is 5.02 Å². The summed E-state index contributed by atoms with van der Waals surface area (Å²) in [6.07, 6.45) is 3.40. The Hall–Kier alpha value is -2.51. The first-order chi connectivity index (χ1) is 13.1. The number of anilines is 2. The highest BCUT2D eigenvalue weighted by molar-refractivity contribution is 6.31. The summed E-state index contributed by atoms with van der Waals surface area (Å²) in [6.45, 7) is 1.86. The Morgan fingerprint density at radius 1 is 1.11 bits per heavy atom. The molecule has 2 N–H and O–H groups in total. The van der Waals surface area contributed by atoms with Crippen molar-refractivity contribution in [2.45, 2.75) is 18.9 Å². The zero-order chi connectivity index (χ0) is 18.8. The van der Waals surface area contributed by atoms with Crippen LogP contribution in [-0.2, 0) is 0 Å². The second kappa shape index (κ2) is 7.62. The number of ether oxygens (including phenoxy) is 1. The van der Waals surface area contributed by atoms with Crippen LogP contribution < -0.4 is 15.4 Å². The summed E-state index contributed by atoms with van der Waals surface area (Å²) in [5, 5.41) is 6.28. The van der Waals surface area contributed by atoms with E-state index in [4.69, 9.17) is 16.3 Å². The topological polar surface area (TPSA) is 59.1 Å². The molecule has 1 aromatic heterocycles. The molecule has 0 aliphatic carbocycles. The van der Waals surface area contributed by atoms with Gasteiger partial charge in [-0.15, -0.1) is 0 Å². The van der Waals surface area contributed by atoms with E-state index < -0.39 is 16.7 Å². The third kappa shape index (κ3) is 3.79. The van der Waals surface area contributed by atoms with Crippen LogP contribution in [0.5, 0.6) is 5.75 Å². The van der Waals surface area contributed by atoms with Crippen molar-refractivity contribution in [1.82, 2.24) is 15.3 Å². The van der Waals surface area contributed by atoms with E-state index in [1.807, 2.05) is 18.2 Å². The van der Waals surface area contributed by atoms with E-state index in [1.54, 1.807) is 0 Å². The van der Waals surface area contributed by atoms with Crippen molar-refractivity contribution in [2.75, 3.05) is 18.4 Å². The number of rotatable bonds is 4. The maximum atomic E-state index is 14.2. The average Bonchev–Trinajstić information content (AvgIpc) is 2.69. The molecule has 0 atom stereocenters. The molecule has 1 saturated heterocycles. The molecular weight excluding hydrogens is 374 g/mol. The molecule has 0 radical (unpaired) electrons. The van der Waals surface area contributed by atoms with Crippen LogP contribution >= 0.6 is 11.6 Å². The largest absolute Gasteiger partial charge is 0.490 e. The van der Waals surface area contributed by atoms with Gasteiger partial charge in [0.15, 0.2) is 5.82 Å². The lowest BCUT2D eigenvalue weighted by molar-refractivity contribution is 0.162. The summed E-state index contributed by atoms with van der Waals surface area (Å²) in [5.41, 5.74) is 0.713. The Morgan fingerprint density at radius 2 is 1.93 bits per heavy atom. The van der Waals surface area contributed by atoms with Gasteiger partial charge in [0.1, 0.15) is 34.8 Å². The third-order valence-corrected chi connectivity index (χ3v) is 4.83. The first-order valence-electron chi connectivity index (χ1n) is 8.64. The van der Waals surface area contributed by atoms with Gasteiger partial charge in [0.05, 0.1) is 11.2 Å². The fourth-order valence-electron chi connectivity index (χ4n) is 3.06. The monoisotopic (exact) mass is 390 g/mol. The standard InChI is InChI=1S/C19H17ClF2N4O/c20-17-14(21)2-4-16(18(17)22)26-19-13-9-12(1-3-15(13)24-10-25-19)27-11-5-7-23-8-6-11/h1-4,9-11,23H,5-8H2,(H,24,25,26). The number of benzene rings is 2. The number of aromatic nitrogens is 2. The summed E-state index contributed by atoms with van der Waals surface area (Å²) in [5.74, 6) is -0.599. The number of halogens is 3. The van der Waals surface area contributed by atoms with E-state index in [0.717, 1.165) is 32.0 Å². The lowest BCUT2D eigenvalue weighted by Crippen LogP contribution is -2.34. The van der Waals surface area contributed by atoms with Crippen molar-refractivity contribution in [3.63, 3.8) is 0 Å². The molecular formula is C19H17ClF2N4O. The van der Waals surface area contributed by atoms with Crippen LogP contribution in [0.25, 0.3) is 10.9 Å². The van der Waals surface area contributed by atoms with Crippen molar-refractivity contribution < 1.29 is 13.5 Å². The van der Waals surface area contributed by atoms with Crippen molar-refractivity contribution in [3.05, 3.63) is 53.3 Å². The van der Waals surface area contributed by atoms with Gasteiger partial charge in [0, 0.05) is 5.39 Å². The zero-order valence-electron chi connectivity index (χ0n) is 14.3. The molecule has 140 valence electrons. The highest BCUT2D eigenvalue weighted by Crippen LogP contribution is 2.31. The fraction of sp³-hybridized carbons (Fsp3) is 0.263. The molecule has 5 nitrogen and oxygen atoms in total. The smallest absolute Gasteiger partial charge is 0.168 e. The van der Waals surface area contributed by atoms with Gasteiger partial charge in [-0.1, -0.05) is 11.6 Å². The van der Waals surface area contributed by atoms with Crippen LogP contribution in [0.3, 0.4) is 0 Å². The molecule has 0 spiro atoms. The molecule has 27 heavy (non-hydrogen) atoms. The van der Waals surface area contributed by atoms with Crippen molar-refractivity contribution in [2.24, 2.45) is 0 Å². The molecule has 0 saturated carbocycles. The molecule has 4 rings (SSSR count). The molecule has 0 amide bonds. The highest BCUT2D eigenvalue weighted by Gasteiger charge is 2.16. The van der Waals surface area contributed by atoms with Crippen LogP contribution in [-0.4, -0.2) is 29.2 Å². The minimum Gasteiger partial charge on any atom is -0.490 e. The Labute approximate surface area is 159 Å². The second-order valence-corrected chi connectivity index (χ2v) is 6.69. The van der Waals surface area contributed by atoms with Crippen molar-refractivity contribution in [1.29, 1.82) is 0 Å². The van der Waals surface area contributed by atoms with E-state index in [1.165, 1.54) is 12.4 Å². The zero-order valence-corrected chi connectivity index (χ0v) is 15.1. The van der Waals surface area contributed by atoms with Gasteiger partial charge >= 0.3 is 0 Å². The maximum absolute atomic E-state index is 14.2. The van der Waals surface area contributed by atoms with Crippen molar-refractivity contribution in [3.8, 4) is 5.75 Å². The molecule has 1 aliphatic rings. The fourth-order valence-corrected chi connectivity index (χ4v) is 3.23.